The van der Waals surface area contributed by atoms with Crippen LogP contribution in [0.1, 0.15) is 18.4 Å². The lowest BCUT2D eigenvalue weighted by Crippen LogP contribution is -2.24. The smallest absolute Gasteiger partial charge is 0.415 e. The molecule has 2 aliphatic rings. The molecular formula is C12H14N2O2. The van der Waals surface area contributed by atoms with Gasteiger partial charge in [-0.15, -0.1) is 0 Å². The van der Waals surface area contributed by atoms with E-state index in [-0.39, 0.29) is 11.7 Å². The molecule has 0 radical (unpaired) electrons. The predicted octanol–water partition coefficient (Wildman–Crippen LogP) is 1.63. The quantitative estimate of drug-likeness (QED) is 0.820. The third-order valence-corrected chi connectivity index (χ3v) is 3.24. The molecule has 1 saturated heterocycles. The van der Waals surface area contributed by atoms with Crippen LogP contribution in [0.2, 0.25) is 0 Å². The Bertz CT molecular complexity index is 440. The van der Waals surface area contributed by atoms with E-state index >= 15 is 0 Å². The van der Waals surface area contributed by atoms with Gasteiger partial charge in [-0.3, -0.25) is 4.90 Å². The molecule has 4 heteroatoms. The number of benzene rings is 1. The fourth-order valence-corrected chi connectivity index (χ4v) is 2.07. The number of rotatable bonds is 2. The summed E-state index contributed by atoms with van der Waals surface area (Å²) in [5, 5.41) is 0. The third kappa shape index (κ3) is 1.46. The third-order valence-electron chi connectivity index (χ3n) is 3.24. The van der Waals surface area contributed by atoms with E-state index < -0.39 is 0 Å². The van der Waals surface area contributed by atoms with E-state index in [0.717, 1.165) is 24.1 Å². The number of carbonyl (C=O) groups is 1. The molecule has 1 aromatic carbocycles. The zero-order chi connectivity index (χ0) is 11.2. The number of carbonyl (C=O) groups excluding carboxylic acids is 1. The molecule has 1 spiro atoms. The minimum absolute atomic E-state index is 0.171. The van der Waals surface area contributed by atoms with Crippen LogP contribution >= 0.6 is 0 Å². The highest BCUT2D eigenvalue weighted by molar-refractivity contribution is 5.90. The van der Waals surface area contributed by atoms with Crippen molar-refractivity contribution in [1.82, 2.24) is 0 Å². The highest BCUT2D eigenvalue weighted by Crippen LogP contribution is 2.45. The van der Waals surface area contributed by atoms with Crippen LogP contribution in [-0.2, 0) is 11.3 Å². The number of anilines is 1. The summed E-state index contributed by atoms with van der Waals surface area (Å²) in [7, 11) is 0. The van der Waals surface area contributed by atoms with Gasteiger partial charge >= 0.3 is 6.09 Å². The highest BCUT2D eigenvalue weighted by Gasteiger charge is 2.54. The maximum atomic E-state index is 11.7. The van der Waals surface area contributed by atoms with Crippen molar-refractivity contribution in [3.05, 3.63) is 29.8 Å². The van der Waals surface area contributed by atoms with Crippen LogP contribution in [0.5, 0.6) is 0 Å². The molecule has 84 valence electrons. The topological polar surface area (TPSA) is 55.6 Å². The van der Waals surface area contributed by atoms with Gasteiger partial charge in [0.1, 0.15) is 5.60 Å². The Kier molecular flexibility index (Phi) is 1.94. The first-order valence-corrected chi connectivity index (χ1v) is 5.52. The highest BCUT2D eigenvalue weighted by atomic mass is 16.6. The van der Waals surface area contributed by atoms with E-state index in [2.05, 4.69) is 0 Å². The summed E-state index contributed by atoms with van der Waals surface area (Å²) < 4.78 is 5.36. The molecule has 1 amide bonds. The first-order valence-electron chi connectivity index (χ1n) is 5.52. The summed E-state index contributed by atoms with van der Waals surface area (Å²) in [5.41, 5.74) is 7.33. The largest absolute Gasteiger partial charge is 0.441 e. The monoisotopic (exact) mass is 218 g/mol. The molecule has 4 nitrogen and oxygen atoms in total. The number of amides is 1. The fourth-order valence-electron chi connectivity index (χ4n) is 2.07. The molecule has 1 aromatic rings. The van der Waals surface area contributed by atoms with Gasteiger partial charge in [0.25, 0.3) is 0 Å². The van der Waals surface area contributed by atoms with Crippen molar-refractivity contribution < 1.29 is 9.53 Å². The molecule has 1 saturated carbocycles. The van der Waals surface area contributed by atoms with Gasteiger partial charge in [-0.1, -0.05) is 12.1 Å². The molecular weight excluding hydrogens is 204 g/mol. The second-order valence-electron chi connectivity index (χ2n) is 4.51. The van der Waals surface area contributed by atoms with Crippen molar-refractivity contribution in [3.8, 4) is 0 Å². The molecule has 2 fully saturated rings. The first kappa shape index (κ1) is 9.66. The Balaban J connectivity index is 1.88. The molecule has 1 heterocycles. The van der Waals surface area contributed by atoms with E-state index in [4.69, 9.17) is 10.5 Å². The van der Waals surface area contributed by atoms with Gasteiger partial charge in [-0.2, -0.15) is 0 Å². The lowest BCUT2D eigenvalue weighted by atomic mass is 10.2. The fraction of sp³-hybridized carbons (Fsp3) is 0.417. The molecule has 1 aliphatic carbocycles. The standard InChI is InChI=1S/C12H14N2O2/c13-7-9-2-1-3-10(6-9)14-8-12(4-5-12)16-11(14)15/h1-3,6H,4-5,7-8,13H2. The number of hydrogen-bond donors (Lipinski definition) is 1. The van der Waals surface area contributed by atoms with Crippen molar-refractivity contribution in [3.63, 3.8) is 0 Å². The van der Waals surface area contributed by atoms with Gasteiger partial charge in [-0.25, -0.2) is 4.79 Å². The van der Waals surface area contributed by atoms with E-state index in [1.165, 1.54) is 0 Å². The summed E-state index contributed by atoms with van der Waals surface area (Å²) in [6.45, 7) is 1.17. The van der Waals surface area contributed by atoms with Gasteiger partial charge in [0.05, 0.1) is 6.54 Å². The predicted molar refractivity (Wildman–Crippen MR) is 60.1 cm³/mol. The lowest BCUT2D eigenvalue weighted by molar-refractivity contribution is 0.129. The van der Waals surface area contributed by atoms with Gasteiger partial charge in [0.15, 0.2) is 0 Å². The van der Waals surface area contributed by atoms with E-state index in [0.29, 0.717) is 13.1 Å². The second kappa shape index (κ2) is 3.22. The van der Waals surface area contributed by atoms with Crippen molar-refractivity contribution in [2.45, 2.75) is 25.0 Å². The van der Waals surface area contributed by atoms with Crippen molar-refractivity contribution in [1.29, 1.82) is 0 Å². The normalized spacial score (nSPS) is 21.3. The summed E-state index contributed by atoms with van der Waals surface area (Å²) >= 11 is 0. The summed E-state index contributed by atoms with van der Waals surface area (Å²) in [6, 6.07) is 7.74. The lowest BCUT2D eigenvalue weighted by Gasteiger charge is -2.13. The zero-order valence-electron chi connectivity index (χ0n) is 8.98. The Hall–Kier alpha value is -1.55. The summed E-state index contributed by atoms with van der Waals surface area (Å²) in [4.78, 5) is 13.4. The first-order chi connectivity index (χ1) is 7.72. The number of nitrogens with two attached hydrogens (primary N) is 1. The van der Waals surface area contributed by atoms with Gasteiger partial charge in [0.2, 0.25) is 0 Å². The van der Waals surface area contributed by atoms with Crippen LogP contribution in [0.4, 0.5) is 10.5 Å². The van der Waals surface area contributed by atoms with Gasteiger partial charge in [0, 0.05) is 12.2 Å². The van der Waals surface area contributed by atoms with Crippen LogP contribution in [-0.4, -0.2) is 18.2 Å². The SMILES string of the molecule is NCc1cccc(N2CC3(CC3)OC2=O)c1. The molecule has 0 bridgehead atoms. The molecule has 0 atom stereocenters. The van der Waals surface area contributed by atoms with Gasteiger partial charge in [-0.05, 0) is 30.5 Å². The van der Waals surface area contributed by atoms with E-state index in [1.54, 1.807) is 4.90 Å². The number of nitrogens with zero attached hydrogens (tertiary/aromatic N) is 1. The molecule has 0 unspecified atom stereocenters. The Morgan fingerprint density at radius 1 is 1.44 bits per heavy atom. The van der Waals surface area contributed by atoms with Crippen molar-refractivity contribution >= 4 is 11.8 Å². The minimum atomic E-state index is -0.230. The van der Waals surface area contributed by atoms with Crippen LogP contribution in [0.3, 0.4) is 0 Å². The van der Waals surface area contributed by atoms with Gasteiger partial charge < -0.3 is 10.5 Å². The summed E-state index contributed by atoms with van der Waals surface area (Å²) in [6.07, 6.45) is 1.75. The van der Waals surface area contributed by atoms with Crippen molar-refractivity contribution in [2.75, 3.05) is 11.4 Å². The Morgan fingerprint density at radius 3 is 2.88 bits per heavy atom. The Morgan fingerprint density at radius 2 is 2.25 bits per heavy atom. The average Bonchev–Trinajstić information content (AvgIpc) is 2.96. The molecule has 16 heavy (non-hydrogen) atoms. The maximum Gasteiger partial charge on any atom is 0.415 e. The minimum Gasteiger partial charge on any atom is -0.441 e. The van der Waals surface area contributed by atoms with Crippen LogP contribution in [0.25, 0.3) is 0 Å². The number of ether oxygens (including phenoxy) is 1. The Labute approximate surface area is 94.0 Å². The molecule has 2 N–H and O–H groups in total. The van der Waals surface area contributed by atoms with E-state index in [9.17, 15) is 4.79 Å². The maximum absolute atomic E-state index is 11.7. The molecule has 1 aliphatic heterocycles. The summed E-state index contributed by atoms with van der Waals surface area (Å²) in [5.74, 6) is 0. The van der Waals surface area contributed by atoms with Crippen LogP contribution < -0.4 is 10.6 Å². The second-order valence-corrected chi connectivity index (χ2v) is 4.51. The average molecular weight is 218 g/mol. The number of hydrogen-bond acceptors (Lipinski definition) is 3. The van der Waals surface area contributed by atoms with Crippen LogP contribution in [0.15, 0.2) is 24.3 Å². The molecule has 0 aromatic heterocycles. The van der Waals surface area contributed by atoms with Crippen molar-refractivity contribution in [2.24, 2.45) is 5.73 Å². The molecule has 3 rings (SSSR count). The van der Waals surface area contributed by atoms with Crippen LogP contribution in [0, 0.1) is 0 Å². The zero-order valence-corrected chi connectivity index (χ0v) is 8.98. The van der Waals surface area contributed by atoms with E-state index in [1.807, 2.05) is 24.3 Å².